The average Bonchev–Trinajstić information content (AvgIpc) is 3.29. The number of aromatic amines is 1. The number of fused-ring (bicyclic) bond motifs is 1. The Bertz CT molecular complexity index is 1190. The number of aromatic nitrogens is 5. The van der Waals surface area contributed by atoms with Crippen LogP contribution in [0.4, 0.5) is 5.82 Å². The van der Waals surface area contributed by atoms with E-state index in [9.17, 15) is 4.79 Å². The fraction of sp³-hybridized carbons (Fsp3) is 0.500. The molecule has 4 heterocycles. The number of nitrogens with zero attached hydrogens (tertiary/aromatic N) is 5. The summed E-state index contributed by atoms with van der Waals surface area (Å²) in [5.41, 5.74) is 5.19. The molecule has 2 aliphatic rings. The summed E-state index contributed by atoms with van der Waals surface area (Å²) < 4.78 is 0. The molecule has 0 saturated carbocycles. The van der Waals surface area contributed by atoms with Gasteiger partial charge in [0, 0.05) is 43.2 Å². The molecule has 1 fully saturated rings. The van der Waals surface area contributed by atoms with E-state index in [1.54, 1.807) is 24.0 Å². The van der Waals surface area contributed by atoms with E-state index in [1.807, 2.05) is 29.4 Å². The molecule has 3 aromatic rings. The quantitative estimate of drug-likeness (QED) is 0.388. The summed E-state index contributed by atoms with van der Waals surface area (Å²) in [6, 6.07) is 7.49. The van der Waals surface area contributed by atoms with Gasteiger partial charge in [-0.3, -0.25) is 14.9 Å². The summed E-state index contributed by atoms with van der Waals surface area (Å²) >= 11 is 1.54. The molecule has 0 bridgehead atoms. The largest absolute Gasteiger partial charge is 0.370 e. The van der Waals surface area contributed by atoms with Crippen LogP contribution in [0.2, 0.25) is 0 Å². The third-order valence-electron chi connectivity index (χ3n) is 7.15. The predicted octanol–water partition coefficient (Wildman–Crippen LogP) is 4.46. The second kappa shape index (κ2) is 9.97. The number of pyridine rings is 1. The smallest absolute Gasteiger partial charge is 0.272 e. The van der Waals surface area contributed by atoms with Crippen molar-refractivity contribution in [2.75, 3.05) is 31.2 Å². The van der Waals surface area contributed by atoms with Gasteiger partial charge in [0.2, 0.25) is 0 Å². The highest BCUT2D eigenvalue weighted by molar-refractivity contribution is 7.98. The van der Waals surface area contributed by atoms with E-state index in [1.165, 1.54) is 11.3 Å². The van der Waals surface area contributed by atoms with E-state index in [0.29, 0.717) is 17.0 Å². The number of anilines is 1. The van der Waals surface area contributed by atoms with E-state index in [0.717, 1.165) is 74.1 Å². The molecule has 1 aliphatic carbocycles. The number of carbonyl (C=O) groups excluding carboxylic acids is 1. The number of amides is 1. The van der Waals surface area contributed by atoms with Crippen LogP contribution < -0.4 is 5.32 Å². The summed E-state index contributed by atoms with van der Waals surface area (Å²) in [4.78, 5) is 28.2. The fourth-order valence-electron chi connectivity index (χ4n) is 5.03. The molecule has 35 heavy (non-hydrogen) atoms. The molecule has 0 unspecified atom stereocenters. The van der Waals surface area contributed by atoms with Gasteiger partial charge in [0.15, 0.2) is 5.16 Å². The molecular formula is C26H33N7OS. The third-order valence-corrected chi connectivity index (χ3v) is 7.70. The molecule has 0 radical (unpaired) electrons. The van der Waals surface area contributed by atoms with E-state index < -0.39 is 0 Å². The number of H-pyrrole nitrogens is 1. The topological polar surface area (TPSA) is 99.7 Å². The van der Waals surface area contributed by atoms with Crippen LogP contribution in [-0.2, 0) is 12.8 Å². The highest BCUT2D eigenvalue weighted by Crippen LogP contribution is 2.38. The van der Waals surface area contributed by atoms with Crippen LogP contribution in [0.1, 0.15) is 54.9 Å². The molecule has 0 atom stereocenters. The van der Waals surface area contributed by atoms with Gasteiger partial charge in [0.25, 0.3) is 5.91 Å². The van der Waals surface area contributed by atoms with Crippen LogP contribution in [0.5, 0.6) is 0 Å². The molecule has 5 rings (SSSR count). The van der Waals surface area contributed by atoms with Crippen LogP contribution in [0, 0.1) is 11.3 Å². The molecular weight excluding hydrogens is 458 g/mol. The maximum absolute atomic E-state index is 12.7. The lowest BCUT2D eigenvalue weighted by molar-refractivity contribution is 0.0689. The van der Waals surface area contributed by atoms with Crippen LogP contribution >= 0.6 is 11.8 Å². The number of piperidine rings is 1. The van der Waals surface area contributed by atoms with Crippen LogP contribution in [-0.4, -0.2) is 61.8 Å². The molecule has 1 saturated heterocycles. The molecule has 9 heteroatoms. The van der Waals surface area contributed by atoms with Crippen molar-refractivity contribution in [1.29, 1.82) is 0 Å². The Morgan fingerprint density at radius 2 is 2.09 bits per heavy atom. The standard InChI is InChI=1S/C26H33N7OS/c1-26(2)10-7-18-21(15-26)31-32-23(18)20-14-22(30-25(29-20)35-3)28-16-17-8-12-33(13-9-17)24(34)19-6-4-5-11-27-19/h4-6,11,14,17H,7-10,12-13,15-16H2,1-3H3,(H,31,32)(H,28,29,30). The Kier molecular flexibility index (Phi) is 6.77. The average molecular weight is 492 g/mol. The Morgan fingerprint density at radius 3 is 2.83 bits per heavy atom. The Hall–Kier alpha value is -2.94. The summed E-state index contributed by atoms with van der Waals surface area (Å²) in [6.45, 7) is 6.95. The molecule has 2 N–H and O–H groups in total. The second-order valence-corrected chi connectivity index (χ2v) is 11.1. The molecule has 1 aliphatic heterocycles. The van der Waals surface area contributed by atoms with Gasteiger partial charge in [-0.1, -0.05) is 31.7 Å². The van der Waals surface area contributed by atoms with Crippen molar-refractivity contribution in [3.8, 4) is 11.4 Å². The second-order valence-electron chi connectivity index (χ2n) is 10.3. The first-order valence-corrected chi connectivity index (χ1v) is 13.6. The predicted molar refractivity (Wildman–Crippen MR) is 139 cm³/mol. The lowest BCUT2D eigenvalue weighted by Crippen LogP contribution is -2.40. The van der Waals surface area contributed by atoms with E-state index in [-0.39, 0.29) is 5.91 Å². The molecule has 0 spiro atoms. The number of thioether (sulfide) groups is 1. The molecule has 3 aromatic heterocycles. The molecule has 184 valence electrons. The molecule has 8 nitrogen and oxygen atoms in total. The Morgan fingerprint density at radius 1 is 1.26 bits per heavy atom. The number of nitrogens with one attached hydrogen (secondary N) is 2. The normalized spacial score (nSPS) is 17.7. The van der Waals surface area contributed by atoms with Gasteiger partial charge in [-0.05, 0) is 61.8 Å². The maximum Gasteiger partial charge on any atom is 0.272 e. The monoisotopic (exact) mass is 491 g/mol. The first kappa shape index (κ1) is 23.8. The van der Waals surface area contributed by atoms with Gasteiger partial charge in [0.05, 0.1) is 5.69 Å². The highest BCUT2D eigenvalue weighted by Gasteiger charge is 2.30. The fourth-order valence-corrected chi connectivity index (χ4v) is 5.41. The van der Waals surface area contributed by atoms with E-state index in [2.05, 4.69) is 34.3 Å². The summed E-state index contributed by atoms with van der Waals surface area (Å²) in [5, 5.41) is 12.2. The minimum Gasteiger partial charge on any atom is -0.370 e. The van der Waals surface area contributed by atoms with Crippen molar-refractivity contribution >= 4 is 23.5 Å². The van der Waals surface area contributed by atoms with Gasteiger partial charge in [-0.15, -0.1) is 0 Å². The maximum atomic E-state index is 12.7. The summed E-state index contributed by atoms with van der Waals surface area (Å²) in [5.74, 6) is 1.34. The van der Waals surface area contributed by atoms with Gasteiger partial charge in [0.1, 0.15) is 17.2 Å². The Labute approximate surface area is 210 Å². The molecule has 0 aromatic carbocycles. The lowest BCUT2D eigenvalue weighted by atomic mass is 9.76. The zero-order valence-electron chi connectivity index (χ0n) is 20.7. The number of hydrogen-bond donors (Lipinski definition) is 2. The van der Waals surface area contributed by atoms with Crippen LogP contribution in [0.3, 0.4) is 0 Å². The van der Waals surface area contributed by atoms with Crippen molar-refractivity contribution in [3.63, 3.8) is 0 Å². The van der Waals surface area contributed by atoms with Crippen molar-refractivity contribution in [2.24, 2.45) is 11.3 Å². The summed E-state index contributed by atoms with van der Waals surface area (Å²) in [6.07, 6.45) is 8.78. The van der Waals surface area contributed by atoms with Crippen molar-refractivity contribution in [2.45, 2.75) is 51.1 Å². The lowest BCUT2D eigenvalue weighted by Gasteiger charge is -2.32. The van der Waals surface area contributed by atoms with Crippen LogP contribution in [0.25, 0.3) is 11.4 Å². The van der Waals surface area contributed by atoms with Crippen LogP contribution in [0.15, 0.2) is 35.6 Å². The van der Waals surface area contributed by atoms with Gasteiger partial charge >= 0.3 is 0 Å². The molecule has 1 amide bonds. The number of hydrogen-bond acceptors (Lipinski definition) is 7. The van der Waals surface area contributed by atoms with E-state index >= 15 is 0 Å². The van der Waals surface area contributed by atoms with Crippen molar-refractivity contribution in [3.05, 3.63) is 47.4 Å². The Balaban J connectivity index is 1.23. The number of carbonyl (C=O) groups is 1. The number of rotatable bonds is 6. The zero-order chi connectivity index (χ0) is 24.4. The first-order valence-electron chi connectivity index (χ1n) is 12.4. The van der Waals surface area contributed by atoms with E-state index in [4.69, 9.17) is 9.97 Å². The SMILES string of the molecule is CSc1nc(NCC2CCN(C(=O)c3ccccn3)CC2)cc(-c2n[nH]c3c2CCC(C)(C)C3)n1. The minimum absolute atomic E-state index is 0.0211. The van der Waals surface area contributed by atoms with Gasteiger partial charge < -0.3 is 10.2 Å². The highest BCUT2D eigenvalue weighted by atomic mass is 32.2. The van der Waals surface area contributed by atoms with Gasteiger partial charge in [-0.2, -0.15) is 5.10 Å². The van der Waals surface area contributed by atoms with Crippen molar-refractivity contribution < 1.29 is 4.79 Å². The minimum atomic E-state index is 0.0211. The first-order chi connectivity index (χ1) is 16.9. The zero-order valence-corrected chi connectivity index (χ0v) is 21.5. The van der Waals surface area contributed by atoms with Gasteiger partial charge in [-0.25, -0.2) is 9.97 Å². The third kappa shape index (κ3) is 5.34. The van der Waals surface area contributed by atoms with Crippen molar-refractivity contribution in [1.82, 2.24) is 30.0 Å². The summed E-state index contributed by atoms with van der Waals surface area (Å²) in [7, 11) is 0. The number of likely N-dealkylation sites (tertiary alicyclic amines) is 1.